The van der Waals surface area contributed by atoms with E-state index in [1.807, 2.05) is 47.4 Å². The monoisotopic (exact) mass is 420 g/mol. The molecule has 23 heavy (non-hydrogen) atoms. The molecule has 1 N–H and O–H groups in total. The van der Waals surface area contributed by atoms with E-state index in [0.717, 1.165) is 27.8 Å². The molecule has 1 aliphatic rings. The molecular weight excluding hydrogens is 403 g/mol. The molecule has 0 aliphatic carbocycles. The Hall–Kier alpha value is -1.89. The van der Waals surface area contributed by atoms with E-state index in [-0.39, 0.29) is 11.8 Å². The molecule has 0 aromatic heterocycles. The zero-order valence-electron chi connectivity index (χ0n) is 12.8. The number of carbonyl (C=O) groups is 2. The summed E-state index contributed by atoms with van der Waals surface area (Å²) in [6.07, 6.45) is 0.861. The molecule has 0 saturated carbocycles. The third kappa shape index (κ3) is 3.55. The number of hydrogen-bond acceptors (Lipinski definition) is 2. The molecule has 2 amide bonds. The third-order valence-corrected chi connectivity index (χ3v) is 4.98. The normalized spacial score (nSPS) is 13.4. The molecule has 0 saturated heterocycles. The average Bonchev–Trinajstić information content (AvgIpc) is 2.54. The fraction of sp³-hybridized carbons (Fsp3) is 0.222. The Kier molecular flexibility index (Phi) is 4.66. The quantitative estimate of drug-likeness (QED) is 0.757. The highest BCUT2D eigenvalue weighted by Gasteiger charge is 2.19. The second-order valence-corrected chi connectivity index (χ2v) is 6.77. The van der Waals surface area contributed by atoms with Crippen molar-refractivity contribution in [2.24, 2.45) is 0 Å². The number of anilines is 1. The molecule has 0 unspecified atom stereocenters. The second kappa shape index (κ2) is 6.70. The van der Waals surface area contributed by atoms with Gasteiger partial charge in [0.2, 0.25) is 5.91 Å². The van der Waals surface area contributed by atoms with E-state index >= 15 is 0 Å². The smallest absolute Gasteiger partial charge is 0.256 e. The molecule has 0 fully saturated rings. The van der Waals surface area contributed by atoms with E-state index in [1.165, 1.54) is 5.56 Å². The number of fused-ring (bicyclic) bond motifs is 1. The Morgan fingerprint density at radius 1 is 1.13 bits per heavy atom. The standard InChI is InChI=1S/C18H17IN2O2/c1-12(22)21-9-8-13-6-7-15(10-14(13)11-21)20-18(23)16-4-2-3-5-17(16)19/h2-7,10H,8-9,11H2,1H3,(H,20,23). The lowest BCUT2D eigenvalue weighted by Crippen LogP contribution is -2.34. The summed E-state index contributed by atoms with van der Waals surface area (Å²) in [5.41, 5.74) is 3.77. The topological polar surface area (TPSA) is 49.4 Å². The number of carbonyl (C=O) groups excluding carboxylic acids is 2. The fourth-order valence-corrected chi connectivity index (χ4v) is 3.38. The summed E-state index contributed by atoms with van der Waals surface area (Å²) in [6.45, 7) is 2.96. The maximum absolute atomic E-state index is 12.4. The van der Waals surface area contributed by atoms with Crippen molar-refractivity contribution in [2.45, 2.75) is 19.9 Å². The minimum atomic E-state index is -0.116. The van der Waals surface area contributed by atoms with Gasteiger partial charge in [-0.15, -0.1) is 0 Å². The number of nitrogens with zero attached hydrogens (tertiary/aromatic N) is 1. The maximum Gasteiger partial charge on any atom is 0.256 e. The third-order valence-electron chi connectivity index (χ3n) is 4.04. The van der Waals surface area contributed by atoms with Crippen molar-refractivity contribution in [1.29, 1.82) is 0 Å². The van der Waals surface area contributed by atoms with Gasteiger partial charge in [-0.1, -0.05) is 18.2 Å². The van der Waals surface area contributed by atoms with Gasteiger partial charge in [-0.3, -0.25) is 9.59 Å². The van der Waals surface area contributed by atoms with Crippen molar-refractivity contribution in [3.8, 4) is 0 Å². The molecule has 0 spiro atoms. The van der Waals surface area contributed by atoms with Crippen molar-refractivity contribution < 1.29 is 9.59 Å². The van der Waals surface area contributed by atoms with Crippen LogP contribution in [0, 0.1) is 3.57 Å². The van der Waals surface area contributed by atoms with Crippen LogP contribution in [0.5, 0.6) is 0 Å². The molecule has 2 aromatic carbocycles. The van der Waals surface area contributed by atoms with E-state index in [0.29, 0.717) is 12.1 Å². The van der Waals surface area contributed by atoms with Crippen molar-refractivity contribution >= 4 is 40.1 Å². The number of amides is 2. The minimum absolute atomic E-state index is 0.0870. The highest BCUT2D eigenvalue weighted by atomic mass is 127. The highest BCUT2D eigenvalue weighted by Crippen LogP contribution is 2.23. The summed E-state index contributed by atoms with van der Waals surface area (Å²) < 4.78 is 0.920. The minimum Gasteiger partial charge on any atom is -0.338 e. The molecule has 0 radical (unpaired) electrons. The summed E-state index contributed by atoms with van der Waals surface area (Å²) in [5.74, 6) is -0.0295. The number of nitrogens with one attached hydrogen (secondary N) is 1. The number of benzene rings is 2. The maximum atomic E-state index is 12.4. The lowest BCUT2D eigenvalue weighted by atomic mass is 9.99. The van der Waals surface area contributed by atoms with Crippen LogP contribution in [0.4, 0.5) is 5.69 Å². The first-order valence-corrected chi connectivity index (χ1v) is 8.55. The molecule has 118 valence electrons. The molecule has 4 nitrogen and oxygen atoms in total. The van der Waals surface area contributed by atoms with E-state index in [4.69, 9.17) is 0 Å². The van der Waals surface area contributed by atoms with Crippen LogP contribution in [0.15, 0.2) is 42.5 Å². The van der Waals surface area contributed by atoms with Crippen molar-refractivity contribution in [3.63, 3.8) is 0 Å². The summed E-state index contributed by atoms with van der Waals surface area (Å²) in [5, 5.41) is 2.95. The van der Waals surface area contributed by atoms with Crippen LogP contribution >= 0.6 is 22.6 Å². The van der Waals surface area contributed by atoms with E-state index in [9.17, 15) is 9.59 Å². The van der Waals surface area contributed by atoms with E-state index in [2.05, 4.69) is 27.9 Å². The fourth-order valence-electron chi connectivity index (χ4n) is 2.75. The molecule has 2 aromatic rings. The van der Waals surface area contributed by atoms with E-state index in [1.54, 1.807) is 6.92 Å². The van der Waals surface area contributed by atoms with Crippen molar-refractivity contribution in [2.75, 3.05) is 11.9 Å². The summed E-state index contributed by atoms with van der Waals surface area (Å²) >= 11 is 2.16. The Morgan fingerprint density at radius 2 is 1.91 bits per heavy atom. The van der Waals surface area contributed by atoms with Crippen LogP contribution in [0.3, 0.4) is 0 Å². The van der Waals surface area contributed by atoms with Crippen LogP contribution in [0.2, 0.25) is 0 Å². The van der Waals surface area contributed by atoms with Crippen LogP contribution in [-0.2, 0) is 17.8 Å². The molecule has 1 heterocycles. The number of halogens is 1. The molecular formula is C18H17IN2O2. The Labute approximate surface area is 149 Å². The lowest BCUT2D eigenvalue weighted by molar-refractivity contribution is -0.129. The van der Waals surface area contributed by atoms with Crippen molar-refractivity contribution in [3.05, 3.63) is 62.7 Å². The average molecular weight is 420 g/mol. The van der Waals surface area contributed by atoms with Crippen molar-refractivity contribution in [1.82, 2.24) is 4.90 Å². The Morgan fingerprint density at radius 3 is 2.65 bits per heavy atom. The van der Waals surface area contributed by atoms with Crippen LogP contribution in [0.1, 0.15) is 28.4 Å². The summed E-state index contributed by atoms with van der Waals surface area (Å²) in [7, 11) is 0. The van der Waals surface area contributed by atoms with E-state index < -0.39 is 0 Å². The van der Waals surface area contributed by atoms with Gasteiger partial charge in [-0.05, 0) is 64.4 Å². The zero-order chi connectivity index (χ0) is 16.4. The van der Waals surface area contributed by atoms with Gasteiger partial charge in [-0.2, -0.15) is 0 Å². The summed E-state index contributed by atoms with van der Waals surface area (Å²) in [6, 6.07) is 13.4. The molecule has 0 atom stereocenters. The van der Waals surface area contributed by atoms with Gasteiger partial charge in [-0.25, -0.2) is 0 Å². The van der Waals surface area contributed by atoms with Crippen LogP contribution in [0.25, 0.3) is 0 Å². The van der Waals surface area contributed by atoms with Gasteiger partial charge in [0.25, 0.3) is 5.91 Å². The van der Waals surface area contributed by atoms with Gasteiger partial charge >= 0.3 is 0 Å². The van der Waals surface area contributed by atoms with Gasteiger partial charge in [0.1, 0.15) is 0 Å². The van der Waals surface area contributed by atoms with Gasteiger partial charge in [0.05, 0.1) is 5.56 Å². The molecule has 5 heteroatoms. The zero-order valence-corrected chi connectivity index (χ0v) is 15.0. The molecule has 0 bridgehead atoms. The second-order valence-electron chi connectivity index (χ2n) is 5.61. The number of hydrogen-bond donors (Lipinski definition) is 1. The predicted octanol–water partition coefficient (Wildman–Crippen LogP) is 3.45. The number of rotatable bonds is 2. The first-order chi connectivity index (χ1) is 11.0. The lowest BCUT2D eigenvalue weighted by Gasteiger charge is -2.28. The highest BCUT2D eigenvalue weighted by molar-refractivity contribution is 14.1. The molecule has 3 rings (SSSR count). The molecule has 1 aliphatic heterocycles. The van der Waals surface area contributed by atoms with Crippen LogP contribution in [-0.4, -0.2) is 23.3 Å². The van der Waals surface area contributed by atoms with Gasteiger partial charge in [0.15, 0.2) is 0 Å². The van der Waals surface area contributed by atoms with Crippen LogP contribution < -0.4 is 5.32 Å². The summed E-state index contributed by atoms with van der Waals surface area (Å²) in [4.78, 5) is 25.8. The largest absolute Gasteiger partial charge is 0.338 e. The Balaban J connectivity index is 1.80. The predicted molar refractivity (Wildman–Crippen MR) is 98.3 cm³/mol. The first kappa shape index (κ1) is 16.0. The first-order valence-electron chi connectivity index (χ1n) is 7.48. The van der Waals surface area contributed by atoms with Gasteiger partial charge < -0.3 is 10.2 Å². The Bertz CT molecular complexity index is 773. The van der Waals surface area contributed by atoms with Gasteiger partial charge in [0, 0.05) is 29.3 Å². The SMILES string of the molecule is CC(=O)N1CCc2ccc(NC(=O)c3ccccc3I)cc2C1.